The van der Waals surface area contributed by atoms with E-state index in [1.54, 1.807) is 0 Å². The van der Waals surface area contributed by atoms with E-state index in [4.69, 9.17) is 4.74 Å². The summed E-state index contributed by atoms with van der Waals surface area (Å²) >= 11 is 0. The molecule has 3 aromatic rings. The van der Waals surface area contributed by atoms with Gasteiger partial charge in [-0.15, -0.1) is 0 Å². The van der Waals surface area contributed by atoms with Crippen LogP contribution >= 0.6 is 0 Å². The molecule has 176 valence electrons. The van der Waals surface area contributed by atoms with Crippen molar-refractivity contribution < 1.29 is 28.9 Å². The van der Waals surface area contributed by atoms with E-state index in [-0.39, 0.29) is 42.4 Å². The lowest BCUT2D eigenvalue weighted by molar-refractivity contribution is 0.0131. The van der Waals surface area contributed by atoms with Crippen molar-refractivity contribution in [2.45, 2.75) is 31.5 Å². The molecule has 0 heterocycles. The van der Waals surface area contributed by atoms with E-state index >= 15 is 0 Å². The lowest BCUT2D eigenvalue weighted by Gasteiger charge is -2.20. The van der Waals surface area contributed by atoms with Crippen molar-refractivity contribution in [3.8, 4) is 11.1 Å². The van der Waals surface area contributed by atoms with Crippen molar-refractivity contribution in [3.63, 3.8) is 0 Å². The number of amides is 1. The Hall–Kier alpha value is -3.55. The third kappa shape index (κ3) is 4.85. The summed E-state index contributed by atoms with van der Waals surface area (Å²) in [7, 11) is 0. The van der Waals surface area contributed by atoms with Crippen LogP contribution in [-0.2, 0) is 4.74 Å². The van der Waals surface area contributed by atoms with Crippen LogP contribution in [0.4, 0.5) is 9.18 Å². The number of hydrogen-bond donors (Lipinski definition) is 3. The molecular formula is C27H26FNO5. The second-order valence-electron chi connectivity index (χ2n) is 8.34. The normalized spacial score (nSPS) is 14.1. The minimum atomic E-state index is -1.47. The van der Waals surface area contributed by atoms with E-state index in [0.717, 1.165) is 34.4 Å². The minimum absolute atomic E-state index is 0.0147. The molecule has 2 unspecified atom stereocenters. The summed E-state index contributed by atoms with van der Waals surface area (Å²) in [5.41, 5.74) is 4.62. The highest BCUT2D eigenvalue weighted by Gasteiger charge is 2.29. The lowest BCUT2D eigenvalue weighted by Crippen LogP contribution is -2.31. The van der Waals surface area contributed by atoms with E-state index in [1.807, 2.05) is 36.4 Å². The van der Waals surface area contributed by atoms with Gasteiger partial charge in [-0.1, -0.05) is 48.5 Å². The third-order valence-corrected chi connectivity index (χ3v) is 6.13. The number of Topliss-reactive ketones (excluding diaryl/α,β-unsaturated/α-hetero) is 1. The minimum Gasteiger partial charge on any atom is -0.449 e. The first kappa shape index (κ1) is 23.6. The fourth-order valence-electron chi connectivity index (χ4n) is 4.44. The number of carbonyl (C=O) groups excluding carboxylic acids is 2. The molecule has 7 heteroatoms. The highest BCUT2D eigenvalue weighted by molar-refractivity contribution is 5.95. The molecule has 0 fully saturated rings. The van der Waals surface area contributed by atoms with Gasteiger partial charge in [-0.3, -0.25) is 4.79 Å². The first-order chi connectivity index (χ1) is 16.4. The van der Waals surface area contributed by atoms with Gasteiger partial charge in [-0.05, 0) is 59.4 Å². The summed E-state index contributed by atoms with van der Waals surface area (Å²) in [6.45, 7) is 1.49. The van der Waals surface area contributed by atoms with Gasteiger partial charge in [0.05, 0.1) is 6.10 Å². The molecule has 0 radical (unpaired) electrons. The van der Waals surface area contributed by atoms with Gasteiger partial charge in [0.15, 0.2) is 5.78 Å². The predicted molar refractivity (Wildman–Crippen MR) is 125 cm³/mol. The van der Waals surface area contributed by atoms with Gasteiger partial charge < -0.3 is 20.3 Å². The Kier molecular flexibility index (Phi) is 7.05. The Morgan fingerprint density at radius 3 is 2.24 bits per heavy atom. The summed E-state index contributed by atoms with van der Waals surface area (Å²) in [6, 6.07) is 19.5. The van der Waals surface area contributed by atoms with Crippen LogP contribution in [0, 0.1) is 5.82 Å². The summed E-state index contributed by atoms with van der Waals surface area (Å²) < 4.78 is 19.1. The van der Waals surface area contributed by atoms with Gasteiger partial charge in [-0.25, -0.2) is 9.18 Å². The standard InChI is InChI=1S/C27H26FNO5/c1-16(30)18-11-10-17(28)14-23(18)26(32)25(31)12-13-29-27(33)34-15-24-21-8-4-2-6-19(21)20-7-3-5-9-22(20)24/h2-11,14,24-26,31-32H,12-13,15H2,1H3,(H,29,33). The van der Waals surface area contributed by atoms with Gasteiger partial charge in [0, 0.05) is 18.0 Å². The lowest BCUT2D eigenvalue weighted by atomic mass is 9.95. The number of nitrogens with one attached hydrogen (secondary N) is 1. The number of halogens is 1. The molecule has 0 spiro atoms. The number of fused-ring (bicyclic) bond motifs is 3. The molecule has 34 heavy (non-hydrogen) atoms. The van der Waals surface area contributed by atoms with Crippen molar-refractivity contribution in [1.82, 2.24) is 5.32 Å². The molecule has 4 rings (SSSR count). The molecule has 3 aromatic carbocycles. The number of aliphatic hydroxyl groups is 2. The first-order valence-electron chi connectivity index (χ1n) is 11.1. The molecular weight excluding hydrogens is 437 g/mol. The maximum atomic E-state index is 13.6. The van der Waals surface area contributed by atoms with Crippen LogP contribution in [0.3, 0.4) is 0 Å². The summed E-state index contributed by atoms with van der Waals surface area (Å²) in [5.74, 6) is -1.04. The van der Waals surface area contributed by atoms with E-state index < -0.39 is 24.1 Å². The van der Waals surface area contributed by atoms with Crippen LogP contribution in [0.5, 0.6) is 0 Å². The Labute approximate surface area is 197 Å². The number of ketones is 1. The molecule has 0 saturated carbocycles. The topological polar surface area (TPSA) is 95.9 Å². The highest BCUT2D eigenvalue weighted by Crippen LogP contribution is 2.44. The Morgan fingerprint density at radius 1 is 1.00 bits per heavy atom. The van der Waals surface area contributed by atoms with Crippen LogP contribution < -0.4 is 5.32 Å². The van der Waals surface area contributed by atoms with Gasteiger partial charge in [-0.2, -0.15) is 0 Å². The van der Waals surface area contributed by atoms with Gasteiger partial charge >= 0.3 is 6.09 Å². The van der Waals surface area contributed by atoms with Crippen molar-refractivity contribution in [2.75, 3.05) is 13.2 Å². The zero-order valence-electron chi connectivity index (χ0n) is 18.7. The van der Waals surface area contributed by atoms with Crippen molar-refractivity contribution in [1.29, 1.82) is 0 Å². The molecule has 1 aliphatic carbocycles. The van der Waals surface area contributed by atoms with Crippen molar-refractivity contribution in [3.05, 3.63) is 94.8 Å². The van der Waals surface area contributed by atoms with E-state index in [0.29, 0.717) is 0 Å². The smallest absolute Gasteiger partial charge is 0.407 e. The monoisotopic (exact) mass is 463 g/mol. The Morgan fingerprint density at radius 2 is 1.62 bits per heavy atom. The van der Waals surface area contributed by atoms with Gasteiger partial charge in [0.1, 0.15) is 18.5 Å². The molecule has 1 amide bonds. The second-order valence-corrected chi connectivity index (χ2v) is 8.34. The van der Waals surface area contributed by atoms with Crippen LogP contribution in [0.25, 0.3) is 11.1 Å². The molecule has 0 aromatic heterocycles. The number of rotatable bonds is 8. The Bertz CT molecular complexity index is 1170. The summed E-state index contributed by atoms with van der Waals surface area (Å²) in [6.07, 6.45) is -3.44. The molecule has 1 aliphatic rings. The predicted octanol–water partition coefficient (Wildman–Crippen LogP) is 4.35. The number of ether oxygens (including phenoxy) is 1. The van der Waals surface area contributed by atoms with Crippen LogP contribution in [0.2, 0.25) is 0 Å². The Balaban J connectivity index is 1.31. The average Bonchev–Trinajstić information content (AvgIpc) is 3.15. The number of carbonyl (C=O) groups is 2. The largest absolute Gasteiger partial charge is 0.449 e. The molecule has 0 saturated heterocycles. The third-order valence-electron chi connectivity index (χ3n) is 6.13. The summed E-state index contributed by atoms with van der Waals surface area (Å²) in [5, 5.41) is 23.3. The molecule has 2 atom stereocenters. The van der Waals surface area contributed by atoms with E-state index in [1.165, 1.54) is 13.0 Å². The summed E-state index contributed by atoms with van der Waals surface area (Å²) in [4.78, 5) is 24.0. The second kappa shape index (κ2) is 10.2. The van der Waals surface area contributed by atoms with Gasteiger partial charge in [0.25, 0.3) is 0 Å². The first-order valence-corrected chi connectivity index (χ1v) is 11.1. The molecule has 6 nitrogen and oxygen atoms in total. The molecule has 0 aliphatic heterocycles. The number of hydrogen-bond acceptors (Lipinski definition) is 5. The molecule has 3 N–H and O–H groups in total. The quantitative estimate of drug-likeness (QED) is 0.432. The van der Waals surface area contributed by atoms with Crippen LogP contribution in [0.1, 0.15) is 52.4 Å². The van der Waals surface area contributed by atoms with Crippen LogP contribution in [0.15, 0.2) is 66.7 Å². The van der Waals surface area contributed by atoms with Crippen molar-refractivity contribution >= 4 is 11.9 Å². The fraction of sp³-hybridized carbons (Fsp3) is 0.259. The molecule has 0 bridgehead atoms. The maximum absolute atomic E-state index is 13.6. The maximum Gasteiger partial charge on any atom is 0.407 e. The van der Waals surface area contributed by atoms with Gasteiger partial charge in [0.2, 0.25) is 0 Å². The number of benzene rings is 3. The van der Waals surface area contributed by atoms with E-state index in [9.17, 15) is 24.2 Å². The van der Waals surface area contributed by atoms with Crippen LogP contribution in [-0.4, -0.2) is 41.3 Å². The average molecular weight is 464 g/mol. The highest BCUT2D eigenvalue weighted by atomic mass is 19.1. The van der Waals surface area contributed by atoms with E-state index in [2.05, 4.69) is 17.4 Å². The van der Waals surface area contributed by atoms with Crippen molar-refractivity contribution in [2.24, 2.45) is 0 Å². The zero-order chi connectivity index (χ0) is 24.2. The zero-order valence-corrected chi connectivity index (χ0v) is 18.7. The number of aliphatic hydroxyl groups excluding tert-OH is 2. The SMILES string of the molecule is CC(=O)c1ccc(F)cc1C(O)C(O)CCNC(=O)OCC1c2ccccc2-c2ccccc21. The fourth-order valence-corrected chi connectivity index (χ4v) is 4.44. The number of alkyl carbamates (subject to hydrolysis) is 1.